The molecule has 16 heavy (non-hydrogen) atoms. The van der Waals surface area contributed by atoms with E-state index in [4.69, 9.17) is 16.3 Å². The maximum absolute atomic E-state index is 10.2. The molecule has 0 saturated carbocycles. The molecule has 4 nitrogen and oxygen atoms in total. The normalized spacial score (nSPS) is 19.4. The summed E-state index contributed by atoms with van der Waals surface area (Å²) in [6, 6.07) is 3.54. The van der Waals surface area contributed by atoms with E-state index in [0.717, 1.165) is 0 Å². The first-order valence-electron chi connectivity index (χ1n) is 5.34. The van der Waals surface area contributed by atoms with Crippen LogP contribution in [-0.4, -0.2) is 35.5 Å². The minimum absolute atomic E-state index is 0.451. The van der Waals surface area contributed by atoms with Crippen LogP contribution < -0.4 is 5.32 Å². The Kier molecular flexibility index (Phi) is 3.63. The topological polar surface area (TPSA) is 54.4 Å². The van der Waals surface area contributed by atoms with Crippen LogP contribution in [0.2, 0.25) is 5.02 Å². The molecule has 0 unspecified atom stereocenters. The lowest BCUT2D eigenvalue weighted by Crippen LogP contribution is -2.42. The van der Waals surface area contributed by atoms with Crippen LogP contribution in [0.4, 0.5) is 5.82 Å². The lowest BCUT2D eigenvalue weighted by molar-refractivity contribution is -0.0543. The highest BCUT2D eigenvalue weighted by Gasteiger charge is 2.29. The first-order chi connectivity index (χ1) is 7.70. The van der Waals surface area contributed by atoms with Crippen molar-refractivity contribution in [2.75, 3.05) is 25.1 Å². The molecule has 0 atom stereocenters. The lowest BCUT2D eigenvalue weighted by Gasteiger charge is -2.32. The van der Waals surface area contributed by atoms with E-state index in [0.29, 0.717) is 43.4 Å². The first kappa shape index (κ1) is 11.6. The van der Waals surface area contributed by atoms with Gasteiger partial charge in [-0.15, -0.1) is 0 Å². The number of nitrogens with zero attached hydrogens (tertiary/aromatic N) is 1. The second-order valence-corrected chi connectivity index (χ2v) is 4.43. The number of aromatic nitrogens is 1. The molecule has 0 radical (unpaired) electrons. The van der Waals surface area contributed by atoms with Crippen LogP contribution in [0.25, 0.3) is 0 Å². The van der Waals surface area contributed by atoms with Gasteiger partial charge in [-0.3, -0.25) is 0 Å². The van der Waals surface area contributed by atoms with Crippen LogP contribution in [0.1, 0.15) is 12.8 Å². The van der Waals surface area contributed by atoms with Crippen LogP contribution in [-0.2, 0) is 4.74 Å². The Labute approximate surface area is 99.6 Å². The molecule has 2 N–H and O–H groups in total. The third-order valence-electron chi connectivity index (χ3n) is 2.77. The zero-order valence-corrected chi connectivity index (χ0v) is 9.70. The Bertz CT molecular complexity index is 354. The zero-order chi connectivity index (χ0) is 11.4. The van der Waals surface area contributed by atoms with Gasteiger partial charge in [0, 0.05) is 38.8 Å². The molecule has 0 amide bonds. The van der Waals surface area contributed by atoms with E-state index < -0.39 is 5.60 Å². The Morgan fingerprint density at radius 3 is 2.94 bits per heavy atom. The molecule has 1 aromatic heterocycles. The van der Waals surface area contributed by atoms with E-state index >= 15 is 0 Å². The smallest absolute Gasteiger partial charge is 0.144 e. The summed E-state index contributed by atoms with van der Waals surface area (Å²) in [5.74, 6) is 0.615. The third kappa shape index (κ3) is 2.84. The average molecular weight is 243 g/mol. The van der Waals surface area contributed by atoms with Gasteiger partial charge in [0.15, 0.2) is 0 Å². The molecule has 1 saturated heterocycles. The molecule has 2 heterocycles. The van der Waals surface area contributed by atoms with Crippen molar-refractivity contribution in [2.45, 2.75) is 18.4 Å². The van der Waals surface area contributed by atoms with Crippen molar-refractivity contribution >= 4 is 17.4 Å². The number of anilines is 1. The van der Waals surface area contributed by atoms with Gasteiger partial charge in [0.25, 0.3) is 0 Å². The fourth-order valence-corrected chi connectivity index (χ4v) is 1.88. The summed E-state index contributed by atoms with van der Waals surface area (Å²) in [6.45, 7) is 1.66. The van der Waals surface area contributed by atoms with Crippen molar-refractivity contribution in [1.82, 2.24) is 4.98 Å². The number of pyridine rings is 1. The van der Waals surface area contributed by atoms with E-state index in [2.05, 4.69) is 10.3 Å². The van der Waals surface area contributed by atoms with Gasteiger partial charge in [0.2, 0.25) is 0 Å². The second-order valence-electron chi connectivity index (χ2n) is 4.02. The predicted octanol–water partition coefficient (Wildman–Crippen LogP) is 1.69. The van der Waals surface area contributed by atoms with Crippen LogP contribution in [0.3, 0.4) is 0 Å². The molecule has 1 aliphatic heterocycles. The SMILES string of the molecule is OC1(CNc2ncccc2Cl)CCOCC1. The van der Waals surface area contributed by atoms with Gasteiger partial charge in [-0.1, -0.05) is 11.6 Å². The van der Waals surface area contributed by atoms with Gasteiger partial charge < -0.3 is 15.2 Å². The van der Waals surface area contributed by atoms with Gasteiger partial charge in [0.05, 0.1) is 10.6 Å². The maximum atomic E-state index is 10.2. The van der Waals surface area contributed by atoms with Gasteiger partial charge in [-0.05, 0) is 12.1 Å². The monoisotopic (exact) mass is 242 g/mol. The number of nitrogens with one attached hydrogen (secondary N) is 1. The number of ether oxygens (including phenoxy) is 1. The van der Waals surface area contributed by atoms with Gasteiger partial charge in [-0.2, -0.15) is 0 Å². The Morgan fingerprint density at radius 1 is 1.50 bits per heavy atom. The summed E-state index contributed by atoms with van der Waals surface area (Å²) in [5.41, 5.74) is -0.709. The van der Waals surface area contributed by atoms with Crippen molar-refractivity contribution in [3.63, 3.8) is 0 Å². The van der Waals surface area contributed by atoms with Crippen molar-refractivity contribution in [1.29, 1.82) is 0 Å². The van der Waals surface area contributed by atoms with E-state index in [1.165, 1.54) is 0 Å². The molecule has 1 fully saturated rings. The zero-order valence-electron chi connectivity index (χ0n) is 8.95. The molecular weight excluding hydrogens is 228 g/mol. The van der Waals surface area contributed by atoms with Crippen LogP contribution in [0, 0.1) is 0 Å². The molecular formula is C11H15ClN2O2. The summed E-state index contributed by atoms with van der Waals surface area (Å²) in [7, 11) is 0. The molecule has 5 heteroatoms. The summed E-state index contributed by atoms with van der Waals surface area (Å²) < 4.78 is 5.21. The van der Waals surface area contributed by atoms with Crippen LogP contribution >= 0.6 is 11.6 Å². The molecule has 0 bridgehead atoms. The highest BCUT2D eigenvalue weighted by atomic mass is 35.5. The lowest BCUT2D eigenvalue weighted by atomic mass is 9.94. The van der Waals surface area contributed by atoms with Crippen LogP contribution in [0.5, 0.6) is 0 Å². The van der Waals surface area contributed by atoms with Crippen molar-refractivity contribution < 1.29 is 9.84 Å². The number of hydrogen-bond donors (Lipinski definition) is 2. The molecule has 88 valence electrons. The van der Waals surface area contributed by atoms with E-state index in [1.54, 1.807) is 18.3 Å². The Morgan fingerprint density at radius 2 is 2.25 bits per heavy atom. The molecule has 1 aliphatic rings. The van der Waals surface area contributed by atoms with E-state index in [1.807, 2.05) is 0 Å². The Balaban J connectivity index is 1.94. The number of halogens is 1. The third-order valence-corrected chi connectivity index (χ3v) is 3.07. The largest absolute Gasteiger partial charge is 0.388 e. The van der Waals surface area contributed by atoms with Crippen molar-refractivity contribution in [3.05, 3.63) is 23.4 Å². The van der Waals surface area contributed by atoms with Gasteiger partial charge >= 0.3 is 0 Å². The minimum atomic E-state index is -0.709. The van der Waals surface area contributed by atoms with Gasteiger partial charge in [0.1, 0.15) is 5.82 Å². The van der Waals surface area contributed by atoms with Crippen molar-refractivity contribution in [2.24, 2.45) is 0 Å². The molecule has 0 aliphatic carbocycles. The van der Waals surface area contributed by atoms with Crippen molar-refractivity contribution in [3.8, 4) is 0 Å². The van der Waals surface area contributed by atoms with Crippen LogP contribution in [0.15, 0.2) is 18.3 Å². The fourth-order valence-electron chi connectivity index (χ4n) is 1.69. The second kappa shape index (κ2) is 4.99. The fraction of sp³-hybridized carbons (Fsp3) is 0.545. The molecule has 2 rings (SSSR count). The minimum Gasteiger partial charge on any atom is -0.388 e. The highest BCUT2D eigenvalue weighted by molar-refractivity contribution is 6.32. The average Bonchev–Trinajstić information content (AvgIpc) is 2.29. The summed E-state index contributed by atoms with van der Waals surface area (Å²) in [5, 5.41) is 13.9. The maximum Gasteiger partial charge on any atom is 0.144 e. The molecule has 1 aromatic rings. The summed E-state index contributed by atoms with van der Waals surface area (Å²) in [6.07, 6.45) is 2.96. The molecule has 0 aromatic carbocycles. The highest BCUT2D eigenvalue weighted by Crippen LogP contribution is 2.23. The predicted molar refractivity (Wildman–Crippen MR) is 62.7 cm³/mol. The van der Waals surface area contributed by atoms with E-state index in [-0.39, 0.29) is 0 Å². The van der Waals surface area contributed by atoms with Gasteiger partial charge in [-0.25, -0.2) is 4.98 Å². The summed E-state index contributed by atoms with van der Waals surface area (Å²) >= 11 is 5.96. The Hall–Kier alpha value is -0.840. The van der Waals surface area contributed by atoms with E-state index in [9.17, 15) is 5.11 Å². The standard InChI is InChI=1S/C11H15ClN2O2/c12-9-2-1-5-13-10(9)14-8-11(15)3-6-16-7-4-11/h1-2,5,15H,3-4,6-8H2,(H,13,14). The quantitative estimate of drug-likeness (QED) is 0.847. The summed E-state index contributed by atoms with van der Waals surface area (Å²) in [4.78, 5) is 4.11. The first-order valence-corrected chi connectivity index (χ1v) is 5.72. The number of aliphatic hydroxyl groups is 1. The number of rotatable bonds is 3. The molecule has 0 spiro atoms. The number of hydrogen-bond acceptors (Lipinski definition) is 4.